The minimum absolute atomic E-state index is 0.0676. The fraction of sp³-hybridized carbons (Fsp3) is 0.227. The van der Waals surface area contributed by atoms with Gasteiger partial charge in [0, 0.05) is 31.6 Å². The number of fused-ring (bicyclic) bond motifs is 1. The van der Waals surface area contributed by atoms with Crippen LogP contribution in [0.2, 0.25) is 0 Å². The molecule has 1 fully saturated rings. The summed E-state index contributed by atoms with van der Waals surface area (Å²) in [7, 11) is 1.61. The van der Waals surface area contributed by atoms with Gasteiger partial charge in [0.25, 0.3) is 11.8 Å². The number of carbonyl (C=O) groups is 2. The number of hydrogen-bond acceptors (Lipinski definition) is 6. The minimum Gasteiger partial charge on any atom is -0.379 e. The number of hydrogen-bond donors (Lipinski definition) is 2. The highest BCUT2D eigenvalue weighted by Crippen LogP contribution is 2.19. The third kappa shape index (κ3) is 3.83. The van der Waals surface area contributed by atoms with Gasteiger partial charge in [0.1, 0.15) is 11.5 Å². The summed E-state index contributed by atoms with van der Waals surface area (Å²) in [6, 6.07) is 11.4. The molecule has 1 unspecified atom stereocenters. The van der Waals surface area contributed by atoms with Crippen molar-refractivity contribution in [1.29, 1.82) is 0 Å². The molecule has 1 aromatic carbocycles. The highest BCUT2D eigenvalue weighted by atomic mass is 16.5. The van der Waals surface area contributed by atoms with E-state index in [1.165, 1.54) is 10.9 Å². The van der Waals surface area contributed by atoms with Crippen molar-refractivity contribution in [2.24, 2.45) is 7.05 Å². The van der Waals surface area contributed by atoms with E-state index in [9.17, 15) is 9.59 Å². The average molecular weight is 431 g/mol. The molecule has 2 amide bonds. The molecule has 162 valence electrons. The average Bonchev–Trinajstić information content (AvgIpc) is 3.53. The molecule has 5 rings (SSSR count). The lowest BCUT2D eigenvalue weighted by molar-refractivity contribution is 0.0918. The standard InChI is InChI=1S/C22H21N7O3/c1-28-19(16(11-23-28)20(30)24-15-8-10-32-13-15)21(31)26-18-7-9-29-12-17(25-22(29)27-18)14-5-3-2-4-6-14/h2-7,9,11-12,15H,8,10,13H2,1H3,(H,24,30)(H,25,26,27,31). The molecular formula is C22H21N7O3. The summed E-state index contributed by atoms with van der Waals surface area (Å²) in [4.78, 5) is 34.6. The zero-order valence-corrected chi connectivity index (χ0v) is 17.4. The normalized spacial score (nSPS) is 15.7. The zero-order chi connectivity index (χ0) is 22.1. The topological polar surface area (TPSA) is 115 Å². The number of aryl methyl sites for hydroxylation is 1. The number of carbonyl (C=O) groups excluding carboxylic acids is 2. The van der Waals surface area contributed by atoms with Gasteiger partial charge in [-0.15, -0.1) is 0 Å². The Labute approximate surface area is 183 Å². The van der Waals surface area contributed by atoms with E-state index in [0.29, 0.717) is 24.8 Å². The maximum absolute atomic E-state index is 13.0. The molecular weight excluding hydrogens is 410 g/mol. The van der Waals surface area contributed by atoms with Gasteiger partial charge in [-0.1, -0.05) is 30.3 Å². The molecule has 0 spiro atoms. The minimum atomic E-state index is -0.482. The number of rotatable bonds is 5. The maximum atomic E-state index is 13.0. The number of nitrogens with zero attached hydrogens (tertiary/aromatic N) is 5. The van der Waals surface area contributed by atoms with Crippen LogP contribution in [-0.4, -0.2) is 55.2 Å². The Morgan fingerprint density at radius 2 is 1.97 bits per heavy atom. The Hall–Kier alpha value is -4.05. The fourth-order valence-corrected chi connectivity index (χ4v) is 3.65. The first-order valence-electron chi connectivity index (χ1n) is 10.2. The molecule has 4 aromatic rings. The lowest BCUT2D eigenvalue weighted by Gasteiger charge is -2.11. The lowest BCUT2D eigenvalue weighted by atomic mass is 10.2. The molecule has 0 aliphatic carbocycles. The molecule has 2 N–H and O–H groups in total. The van der Waals surface area contributed by atoms with E-state index in [2.05, 4.69) is 25.7 Å². The Kier molecular flexibility index (Phi) is 5.12. The summed E-state index contributed by atoms with van der Waals surface area (Å²) in [6.07, 6.45) is 5.78. The summed E-state index contributed by atoms with van der Waals surface area (Å²) in [5, 5.41) is 9.72. The van der Waals surface area contributed by atoms with E-state index in [1.54, 1.807) is 23.7 Å². The van der Waals surface area contributed by atoms with Gasteiger partial charge in [0.05, 0.1) is 30.1 Å². The molecule has 1 saturated heterocycles. The SMILES string of the molecule is Cn1ncc(C(=O)NC2CCOC2)c1C(=O)Nc1ccn2cc(-c3ccccc3)nc2n1. The van der Waals surface area contributed by atoms with Crippen LogP contribution in [-0.2, 0) is 11.8 Å². The Morgan fingerprint density at radius 3 is 2.75 bits per heavy atom. The number of ether oxygens (including phenoxy) is 1. The lowest BCUT2D eigenvalue weighted by Crippen LogP contribution is -2.36. The van der Waals surface area contributed by atoms with Crippen LogP contribution in [0.15, 0.2) is 55.0 Å². The van der Waals surface area contributed by atoms with Crippen LogP contribution < -0.4 is 10.6 Å². The summed E-state index contributed by atoms with van der Waals surface area (Å²) in [5.41, 5.74) is 2.10. The Morgan fingerprint density at radius 1 is 1.12 bits per heavy atom. The number of amides is 2. The molecule has 0 saturated carbocycles. The number of aromatic nitrogens is 5. The summed E-state index contributed by atoms with van der Waals surface area (Å²) in [6.45, 7) is 1.08. The van der Waals surface area contributed by atoms with Gasteiger partial charge < -0.3 is 15.4 Å². The highest BCUT2D eigenvalue weighted by molar-refractivity contribution is 6.10. The van der Waals surface area contributed by atoms with Crippen LogP contribution >= 0.6 is 0 Å². The molecule has 4 heterocycles. The first-order chi connectivity index (χ1) is 15.6. The van der Waals surface area contributed by atoms with Gasteiger partial charge in [-0.2, -0.15) is 10.1 Å². The van der Waals surface area contributed by atoms with Gasteiger partial charge in [-0.05, 0) is 12.5 Å². The highest BCUT2D eigenvalue weighted by Gasteiger charge is 2.25. The predicted octanol–water partition coefficient (Wildman–Crippen LogP) is 1.90. The third-order valence-corrected chi connectivity index (χ3v) is 5.30. The van der Waals surface area contributed by atoms with E-state index in [0.717, 1.165) is 17.7 Å². The fourth-order valence-electron chi connectivity index (χ4n) is 3.65. The smallest absolute Gasteiger partial charge is 0.275 e. The predicted molar refractivity (Wildman–Crippen MR) is 116 cm³/mol. The van der Waals surface area contributed by atoms with Crippen molar-refractivity contribution < 1.29 is 14.3 Å². The van der Waals surface area contributed by atoms with Gasteiger partial charge >= 0.3 is 0 Å². The van der Waals surface area contributed by atoms with Gasteiger partial charge in [-0.25, -0.2) is 4.98 Å². The van der Waals surface area contributed by atoms with E-state index >= 15 is 0 Å². The maximum Gasteiger partial charge on any atom is 0.275 e. The first-order valence-corrected chi connectivity index (χ1v) is 10.2. The summed E-state index contributed by atoms with van der Waals surface area (Å²) >= 11 is 0. The second kappa shape index (κ2) is 8.23. The number of imidazole rings is 1. The van der Waals surface area contributed by atoms with Crippen LogP contribution in [0.1, 0.15) is 27.3 Å². The van der Waals surface area contributed by atoms with Gasteiger partial charge in [0.2, 0.25) is 5.78 Å². The molecule has 1 aliphatic rings. The second-order valence-electron chi connectivity index (χ2n) is 7.53. The molecule has 1 atom stereocenters. The zero-order valence-electron chi connectivity index (χ0n) is 17.4. The van der Waals surface area contributed by atoms with Gasteiger partial charge in [0.15, 0.2) is 0 Å². The van der Waals surface area contributed by atoms with Crippen LogP contribution in [0.25, 0.3) is 17.0 Å². The molecule has 32 heavy (non-hydrogen) atoms. The van der Waals surface area contributed by atoms with Crippen molar-refractivity contribution in [3.8, 4) is 11.3 Å². The van der Waals surface area contributed by atoms with Crippen LogP contribution in [0.3, 0.4) is 0 Å². The quantitative estimate of drug-likeness (QED) is 0.499. The molecule has 0 bridgehead atoms. The van der Waals surface area contributed by atoms with Crippen molar-refractivity contribution in [3.05, 3.63) is 66.2 Å². The largest absolute Gasteiger partial charge is 0.379 e. The van der Waals surface area contributed by atoms with Crippen molar-refractivity contribution in [2.75, 3.05) is 18.5 Å². The van der Waals surface area contributed by atoms with E-state index in [-0.39, 0.29) is 23.2 Å². The summed E-state index contributed by atoms with van der Waals surface area (Å²) in [5.74, 6) is -0.0669. The third-order valence-electron chi connectivity index (χ3n) is 5.30. The second-order valence-corrected chi connectivity index (χ2v) is 7.53. The van der Waals surface area contributed by atoms with Crippen molar-refractivity contribution >= 4 is 23.4 Å². The molecule has 0 radical (unpaired) electrons. The molecule has 10 heteroatoms. The number of anilines is 1. The van der Waals surface area contributed by atoms with Crippen molar-refractivity contribution in [1.82, 2.24) is 29.5 Å². The summed E-state index contributed by atoms with van der Waals surface area (Å²) < 4.78 is 8.44. The first kappa shape index (κ1) is 19.9. The van der Waals surface area contributed by atoms with Crippen molar-refractivity contribution in [3.63, 3.8) is 0 Å². The Balaban J connectivity index is 1.37. The van der Waals surface area contributed by atoms with E-state index in [4.69, 9.17) is 4.74 Å². The monoisotopic (exact) mass is 431 g/mol. The molecule has 1 aliphatic heterocycles. The molecule has 3 aromatic heterocycles. The van der Waals surface area contributed by atoms with Crippen LogP contribution in [0.5, 0.6) is 0 Å². The number of benzene rings is 1. The van der Waals surface area contributed by atoms with Crippen molar-refractivity contribution in [2.45, 2.75) is 12.5 Å². The van der Waals surface area contributed by atoms with Crippen LogP contribution in [0.4, 0.5) is 5.82 Å². The van der Waals surface area contributed by atoms with E-state index in [1.807, 2.05) is 36.5 Å². The van der Waals surface area contributed by atoms with Crippen LogP contribution in [0, 0.1) is 0 Å². The van der Waals surface area contributed by atoms with E-state index < -0.39 is 5.91 Å². The number of nitrogens with one attached hydrogen (secondary N) is 2. The van der Waals surface area contributed by atoms with Gasteiger partial charge in [-0.3, -0.25) is 18.7 Å². The molecule has 10 nitrogen and oxygen atoms in total. The Bertz CT molecular complexity index is 1290.